The number of rotatable bonds is 4. The van der Waals surface area contributed by atoms with Gasteiger partial charge < -0.3 is 4.74 Å². The summed E-state index contributed by atoms with van der Waals surface area (Å²) in [6.45, 7) is 0. The second-order valence-corrected chi connectivity index (χ2v) is 26.1. The molecule has 0 aromatic rings. The van der Waals surface area contributed by atoms with E-state index in [1.54, 1.807) is 64.2 Å². The van der Waals surface area contributed by atoms with Gasteiger partial charge in [0.25, 0.3) is 0 Å². The molecule has 0 radical (unpaired) electrons. The third-order valence-electron chi connectivity index (χ3n) is 19.9. The van der Waals surface area contributed by atoms with Gasteiger partial charge in [-0.2, -0.15) is 35.3 Å². The molecule has 12 aliphatic rings. The smallest absolute Gasteiger partial charge is 0.0641 e. The van der Waals surface area contributed by atoms with Gasteiger partial charge in [0, 0.05) is 49.6 Å². The van der Waals surface area contributed by atoms with Gasteiger partial charge in [0.2, 0.25) is 0 Å². The molecule has 0 spiro atoms. The zero-order valence-electron chi connectivity index (χ0n) is 33.3. The maximum Gasteiger partial charge on any atom is 0.0641 e. The minimum Gasteiger partial charge on any atom is -0.374 e. The fraction of sp³-hybridized carbons (Fsp3) is 1.00. The summed E-state index contributed by atoms with van der Waals surface area (Å²) in [5, 5.41) is 5.98. The van der Waals surface area contributed by atoms with Gasteiger partial charge in [-0.25, -0.2) is 0 Å². The molecule has 4 aliphatic heterocycles. The molecular formula is C48H75NOS3. The summed E-state index contributed by atoms with van der Waals surface area (Å²) in [5.74, 6) is 10.0. The lowest BCUT2D eigenvalue weighted by molar-refractivity contribution is -0.0563. The Morgan fingerprint density at radius 3 is 1.75 bits per heavy atom. The summed E-state index contributed by atoms with van der Waals surface area (Å²) in [6, 6.07) is 2.64. The molecule has 0 amide bonds. The van der Waals surface area contributed by atoms with Gasteiger partial charge in [0.1, 0.15) is 0 Å². The highest BCUT2D eigenvalue weighted by Crippen LogP contribution is 2.66. The average Bonchev–Trinajstić information content (AvgIpc) is 3.98. The van der Waals surface area contributed by atoms with Crippen molar-refractivity contribution < 1.29 is 4.74 Å². The van der Waals surface area contributed by atoms with Crippen LogP contribution in [0.5, 0.6) is 0 Å². The molecule has 12 rings (SSSR count). The monoisotopic (exact) mass is 778 g/mol. The van der Waals surface area contributed by atoms with Gasteiger partial charge in [-0.3, -0.25) is 4.90 Å². The van der Waals surface area contributed by atoms with Crippen LogP contribution >= 0.6 is 35.3 Å². The third kappa shape index (κ3) is 6.04. The first kappa shape index (κ1) is 35.9. The van der Waals surface area contributed by atoms with Crippen LogP contribution in [0.1, 0.15) is 173 Å². The molecule has 4 heterocycles. The average molecular weight is 778 g/mol. The van der Waals surface area contributed by atoms with Crippen molar-refractivity contribution in [3.63, 3.8) is 0 Å². The molecule has 19 atom stereocenters. The highest BCUT2D eigenvalue weighted by Gasteiger charge is 2.61. The first-order valence-corrected chi connectivity index (χ1v) is 27.5. The van der Waals surface area contributed by atoms with E-state index in [2.05, 4.69) is 40.2 Å². The first-order valence-electron chi connectivity index (χ1n) is 24.7. The molecule has 8 aliphatic carbocycles. The number of hydrogen-bond acceptors (Lipinski definition) is 5. The standard InChI is InChI=1S/C48H75NOS3/c1-4-19-40-31(10-1)33-14-7-13-30(45(33)50-40)28-22-24-29(25-23-28)49(38-17-8-15-34-32-11-2-5-20-41(32)52-46(34)38)39-18-9-16-35-36-26-27-43-44(48(36)53-47(35)39)37-12-3-6-21-42(37)51-43/h28-48H,1-27H2. The Balaban J connectivity index is 0.824. The van der Waals surface area contributed by atoms with Crippen molar-refractivity contribution >= 4 is 35.3 Å². The lowest BCUT2D eigenvalue weighted by Gasteiger charge is -2.54. The summed E-state index contributed by atoms with van der Waals surface area (Å²) in [6.07, 6.45) is 42.4. The van der Waals surface area contributed by atoms with E-state index in [4.69, 9.17) is 4.74 Å². The summed E-state index contributed by atoms with van der Waals surface area (Å²) < 4.78 is 7.13. The molecule has 0 bridgehead atoms. The number of thioether (sulfide) groups is 3. The Hall–Kier alpha value is 0.970. The largest absolute Gasteiger partial charge is 0.374 e. The Bertz CT molecular complexity index is 1300. The lowest BCUT2D eigenvalue weighted by atomic mass is 9.64. The Morgan fingerprint density at radius 1 is 0.358 bits per heavy atom. The molecule has 19 unspecified atom stereocenters. The minimum absolute atomic E-state index is 0.630. The van der Waals surface area contributed by atoms with Crippen molar-refractivity contribution in [1.29, 1.82) is 0 Å². The van der Waals surface area contributed by atoms with E-state index in [0.29, 0.717) is 12.2 Å². The number of fused-ring (bicyclic) bond motifs is 13. The molecule has 0 aromatic carbocycles. The normalized spacial score (nSPS) is 57.3. The van der Waals surface area contributed by atoms with E-state index in [1.165, 1.54) is 109 Å². The predicted molar refractivity (Wildman–Crippen MR) is 227 cm³/mol. The van der Waals surface area contributed by atoms with Crippen molar-refractivity contribution in [3.05, 3.63) is 0 Å². The van der Waals surface area contributed by atoms with Crippen LogP contribution in [0.25, 0.3) is 0 Å². The lowest BCUT2D eigenvalue weighted by Crippen LogP contribution is -2.60. The quantitative estimate of drug-likeness (QED) is 0.281. The number of nitrogens with zero attached hydrogens (tertiary/aromatic N) is 1. The third-order valence-corrected chi connectivity index (χ3v) is 25.6. The van der Waals surface area contributed by atoms with E-state index >= 15 is 0 Å². The summed E-state index contributed by atoms with van der Waals surface area (Å²) in [5.41, 5.74) is 0. The zero-order valence-corrected chi connectivity index (χ0v) is 35.7. The van der Waals surface area contributed by atoms with Crippen molar-refractivity contribution in [2.45, 2.75) is 235 Å². The zero-order chi connectivity index (χ0) is 34.6. The van der Waals surface area contributed by atoms with Crippen LogP contribution in [-0.2, 0) is 4.74 Å². The molecular weight excluding hydrogens is 703 g/mol. The molecule has 0 N–H and O–H groups in total. The fourth-order valence-corrected chi connectivity index (χ4v) is 24.9. The molecule has 12 fully saturated rings. The van der Waals surface area contributed by atoms with Gasteiger partial charge in [0.05, 0.1) is 12.2 Å². The highest BCUT2D eigenvalue weighted by molar-refractivity contribution is 8.02. The number of ether oxygens (including phenoxy) is 1. The Kier molecular flexibility index (Phi) is 10.1. The van der Waals surface area contributed by atoms with Crippen LogP contribution in [0.2, 0.25) is 0 Å². The summed E-state index contributed by atoms with van der Waals surface area (Å²) >= 11 is 7.80. The van der Waals surface area contributed by atoms with Gasteiger partial charge in [-0.05, 0) is 175 Å². The molecule has 4 saturated heterocycles. The van der Waals surface area contributed by atoms with Crippen LogP contribution in [0.3, 0.4) is 0 Å². The highest BCUT2D eigenvalue weighted by atomic mass is 32.2. The molecule has 296 valence electrons. The van der Waals surface area contributed by atoms with Crippen LogP contribution in [0.15, 0.2) is 0 Å². The van der Waals surface area contributed by atoms with Gasteiger partial charge in [0.15, 0.2) is 0 Å². The van der Waals surface area contributed by atoms with E-state index in [9.17, 15) is 0 Å². The maximum atomic E-state index is 7.13. The summed E-state index contributed by atoms with van der Waals surface area (Å²) in [4.78, 5) is 3.51. The molecule has 5 heteroatoms. The van der Waals surface area contributed by atoms with Gasteiger partial charge in [-0.1, -0.05) is 57.8 Å². The van der Waals surface area contributed by atoms with Crippen LogP contribution in [-0.4, -0.2) is 66.7 Å². The minimum atomic E-state index is 0.630. The molecule has 2 nitrogen and oxygen atoms in total. The van der Waals surface area contributed by atoms with Crippen molar-refractivity contribution in [2.24, 2.45) is 59.2 Å². The fourth-order valence-electron chi connectivity index (χ4n) is 18.0. The first-order chi connectivity index (χ1) is 26.3. The van der Waals surface area contributed by atoms with E-state index in [-0.39, 0.29) is 0 Å². The topological polar surface area (TPSA) is 12.5 Å². The van der Waals surface area contributed by atoms with Gasteiger partial charge >= 0.3 is 0 Å². The van der Waals surface area contributed by atoms with Crippen molar-refractivity contribution in [2.75, 3.05) is 0 Å². The van der Waals surface area contributed by atoms with Crippen LogP contribution in [0.4, 0.5) is 0 Å². The van der Waals surface area contributed by atoms with Crippen molar-refractivity contribution in [1.82, 2.24) is 4.90 Å². The SMILES string of the molecule is C1CCC2C(C1)OC1C(C3CCC(N(C4CCCC5C6CCCCC6SC54)C4CCCC5C6CCC7SC8CCCCC8C7C6SC54)CC3)CCCC21. The molecule has 53 heavy (non-hydrogen) atoms. The molecule has 8 saturated carbocycles. The second-order valence-electron chi connectivity index (χ2n) is 21.8. The maximum absolute atomic E-state index is 7.13. The van der Waals surface area contributed by atoms with Crippen molar-refractivity contribution in [3.8, 4) is 0 Å². The van der Waals surface area contributed by atoms with Crippen LogP contribution in [0, 0.1) is 59.2 Å². The van der Waals surface area contributed by atoms with Gasteiger partial charge in [-0.15, -0.1) is 0 Å². The van der Waals surface area contributed by atoms with Crippen LogP contribution < -0.4 is 0 Å². The van der Waals surface area contributed by atoms with E-state index < -0.39 is 0 Å². The Morgan fingerprint density at radius 2 is 0.943 bits per heavy atom. The number of hydrogen-bond donors (Lipinski definition) is 0. The van der Waals surface area contributed by atoms with E-state index in [0.717, 1.165) is 109 Å². The summed E-state index contributed by atoms with van der Waals surface area (Å²) in [7, 11) is 0. The predicted octanol–water partition coefficient (Wildman–Crippen LogP) is 12.4. The molecule has 0 aromatic heterocycles. The Labute approximate surface area is 337 Å². The second kappa shape index (κ2) is 14.9. The van der Waals surface area contributed by atoms with E-state index in [1.807, 2.05) is 0 Å².